The molecule has 0 saturated carbocycles. The molecule has 1 unspecified atom stereocenters. The quantitative estimate of drug-likeness (QED) is 0.757. The van der Waals surface area contributed by atoms with Gasteiger partial charge in [-0.3, -0.25) is 5.32 Å². The van der Waals surface area contributed by atoms with Crippen LogP contribution in [0.4, 0.5) is 16.2 Å². The van der Waals surface area contributed by atoms with Crippen LogP contribution < -0.4 is 10.6 Å². The van der Waals surface area contributed by atoms with Crippen molar-refractivity contribution in [2.75, 3.05) is 17.2 Å². The second-order valence-corrected chi connectivity index (χ2v) is 6.31. The lowest BCUT2D eigenvalue weighted by atomic mass is 10.2. The Bertz CT molecular complexity index is 598. The van der Waals surface area contributed by atoms with Crippen LogP contribution in [0.15, 0.2) is 40.2 Å². The third-order valence-electron chi connectivity index (χ3n) is 2.80. The lowest BCUT2D eigenvalue weighted by Gasteiger charge is -2.14. The molecule has 2 aromatic rings. The van der Waals surface area contributed by atoms with E-state index in [1.54, 1.807) is 18.3 Å². The van der Waals surface area contributed by atoms with Crippen molar-refractivity contribution in [1.82, 2.24) is 0 Å². The summed E-state index contributed by atoms with van der Waals surface area (Å²) in [7, 11) is 0. The van der Waals surface area contributed by atoms with Crippen LogP contribution in [0.3, 0.4) is 0 Å². The number of benzene rings is 1. The van der Waals surface area contributed by atoms with Gasteiger partial charge in [-0.25, -0.2) is 4.79 Å². The van der Waals surface area contributed by atoms with Crippen molar-refractivity contribution in [3.63, 3.8) is 0 Å². The topological polar surface area (TPSA) is 50.4 Å². The summed E-state index contributed by atoms with van der Waals surface area (Å²) in [6.45, 7) is 4.25. The molecular formula is C15H17BrN2O2S. The van der Waals surface area contributed by atoms with E-state index in [9.17, 15) is 4.79 Å². The maximum Gasteiger partial charge on any atom is 0.411 e. The molecule has 0 aliphatic rings. The minimum atomic E-state index is -0.435. The second-order valence-electron chi connectivity index (χ2n) is 4.46. The highest BCUT2D eigenvalue weighted by atomic mass is 79.9. The number of halogens is 1. The van der Waals surface area contributed by atoms with Gasteiger partial charge < -0.3 is 10.1 Å². The van der Waals surface area contributed by atoms with Crippen LogP contribution in [0, 0.1) is 0 Å². The van der Waals surface area contributed by atoms with Crippen LogP contribution in [0.25, 0.3) is 0 Å². The zero-order valence-corrected chi connectivity index (χ0v) is 14.3. The van der Waals surface area contributed by atoms with Gasteiger partial charge in [-0.15, -0.1) is 11.3 Å². The minimum Gasteiger partial charge on any atom is -0.450 e. The van der Waals surface area contributed by atoms with Crippen LogP contribution in [-0.4, -0.2) is 12.7 Å². The normalized spacial score (nSPS) is 11.8. The standard InChI is InChI=1S/C15H17BrN2O2S/c1-3-20-15(19)18-13-6-4-12(5-7-13)17-10(2)14-8-11(16)9-21-14/h4-10,17H,3H2,1-2H3,(H,18,19). The van der Waals surface area contributed by atoms with Crippen LogP contribution in [0.1, 0.15) is 24.8 Å². The second kappa shape index (κ2) is 7.47. The first-order chi connectivity index (χ1) is 10.1. The molecular weight excluding hydrogens is 352 g/mol. The number of hydrogen-bond acceptors (Lipinski definition) is 4. The van der Waals surface area contributed by atoms with E-state index in [-0.39, 0.29) is 6.04 Å². The summed E-state index contributed by atoms with van der Waals surface area (Å²) < 4.78 is 5.93. The Morgan fingerprint density at radius 2 is 2.00 bits per heavy atom. The lowest BCUT2D eigenvalue weighted by molar-refractivity contribution is 0.168. The molecule has 0 spiro atoms. The van der Waals surface area contributed by atoms with Crippen molar-refractivity contribution < 1.29 is 9.53 Å². The first kappa shape index (κ1) is 15.9. The number of thiophene rings is 1. The molecule has 1 aromatic carbocycles. The van der Waals surface area contributed by atoms with Crippen LogP contribution in [0.2, 0.25) is 0 Å². The maximum absolute atomic E-state index is 11.3. The minimum absolute atomic E-state index is 0.227. The van der Waals surface area contributed by atoms with Gasteiger partial charge in [0.1, 0.15) is 0 Å². The Morgan fingerprint density at radius 3 is 2.57 bits per heavy atom. The van der Waals surface area contributed by atoms with Gasteiger partial charge in [0, 0.05) is 26.1 Å². The molecule has 1 amide bonds. The third-order valence-corrected chi connectivity index (χ3v) is 4.68. The first-order valence-electron chi connectivity index (χ1n) is 6.62. The van der Waals surface area contributed by atoms with E-state index >= 15 is 0 Å². The summed E-state index contributed by atoms with van der Waals surface area (Å²) in [5.74, 6) is 0. The molecule has 0 bridgehead atoms. The van der Waals surface area contributed by atoms with Crippen molar-refractivity contribution in [1.29, 1.82) is 0 Å². The highest BCUT2D eigenvalue weighted by Gasteiger charge is 2.08. The van der Waals surface area contributed by atoms with Gasteiger partial charge in [0.2, 0.25) is 0 Å². The fourth-order valence-electron chi connectivity index (χ4n) is 1.81. The molecule has 0 aliphatic carbocycles. The van der Waals surface area contributed by atoms with Crippen molar-refractivity contribution in [3.05, 3.63) is 45.1 Å². The monoisotopic (exact) mass is 368 g/mol. The molecule has 1 heterocycles. The van der Waals surface area contributed by atoms with Gasteiger partial charge >= 0.3 is 6.09 Å². The van der Waals surface area contributed by atoms with Crippen molar-refractivity contribution in [3.8, 4) is 0 Å². The van der Waals surface area contributed by atoms with E-state index in [4.69, 9.17) is 4.74 Å². The van der Waals surface area contributed by atoms with E-state index in [2.05, 4.69) is 44.9 Å². The van der Waals surface area contributed by atoms with Gasteiger partial charge in [0.25, 0.3) is 0 Å². The highest BCUT2D eigenvalue weighted by Crippen LogP contribution is 2.28. The molecule has 21 heavy (non-hydrogen) atoms. The molecule has 4 nitrogen and oxygen atoms in total. The fraction of sp³-hybridized carbons (Fsp3) is 0.267. The number of rotatable bonds is 5. The zero-order chi connectivity index (χ0) is 15.2. The summed E-state index contributed by atoms with van der Waals surface area (Å²) in [6, 6.07) is 9.89. The molecule has 6 heteroatoms. The Hall–Kier alpha value is -1.53. The number of ether oxygens (including phenoxy) is 1. The molecule has 1 atom stereocenters. The lowest BCUT2D eigenvalue weighted by Crippen LogP contribution is -2.13. The number of hydrogen-bond donors (Lipinski definition) is 2. The molecule has 2 rings (SSSR count). The summed E-state index contributed by atoms with van der Waals surface area (Å²) in [5, 5.41) is 8.16. The van der Waals surface area contributed by atoms with Crippen LogP contribution >= 0.6 is 27.3 Å². The highest BCUT2D eigenvalue weighted by molar-refractivity contribution is 9.10. The molecule has 0 saturated heterocycles. The molecule has 112 valence electrons. The third kappa shape index (κ3) is 4.75. The largest absolute Gasteiger partial charge is 0.450 e. The van der Waals surface area contributed by atoms with Crippen LogP contribution in [0.5, 0.6) is 0 Å². The van der Waals surface area contributed by atoms with Gasteiger partial charge in [-0.2, -0.15) is 0 Å². The summed E-state index contributed by atoms with van der Waals surface area (Å²) in [4.78, 5) is 12.6. The Kier molecular flexibility index (Phi) is 5.64. The number of carbonyl (C=O) groups excluding carboxylic acids is 1. The predicted octanol–water partition coefficient (Wildman–Crippen LogP) is 5.25. The molecule has 0 aliphatic heterocycles. The average molecular weight is 369 g/mol. The maximum atomic E-state index is 11.3. The smallest absolute Gasteiger partial charge is 0.411 e. The predicted molar refractivity (Wildman–Crippen MR) is 91.1 cm³/mol. The van der Waals surface area contributed by atoms with E-state index in [1.807, 2.05) is 24.3 Å². The summed E-state index contributed by atoms with van der Waals surface area (Å²) >= 11 is 5.17. The van der Waals surface area contributed by atoms with Gasteiger partial charge in [-0.05, 0) is 60.1 Å². The number of amides is 1. The Labute approximate surface area is 136 Å². The zero-order valence-electron chi connectivity index (χ0n) is 11.9. The van der Waals surface area contributed by atoms with Crippen molar-refractivity contribution in [2.45, 2.75) is 19.9 Å². The van der Waals surface area contributed by atoms with Crippen molar-refractivity contribution >= 4 is 44.7 Å². The van der Waals surface area contributed by atoms with Crippen LogP contribution in [-0.2, 0) is 4.74 Å². The van der Waals surface area contributed by atoms with E-state index in [0.717, 1.165) is 10.2 Å². The SMILES string of the molecule is CCOC(=O)Nc1ccc(NC(C)c2cc(Br)cs2)cc1. The molecule has 2 N–H and O–H groups in total. The molecule has 1 aromatic heterocycles. The van der Waals surface area contributed by atoms with Gasteiger partial charge in [-0.1, -0.05) is 0 Å². The van der Waals surface area contributed by atoms with E-state index in [0.29, 0.717) is 12.3 Å². The Morgan fingerprint density at radius 1 is 1.33 bits per heavy atom. The fourth-order valence-corrected chi connectivity index (χ4v) is 3.26. The molecule has 0 fully saturated rings. The molecule has 0 radical (unpaired) electrons. The average Bonchev–Trinajstić information content (AvgIpc) is 2.88. The van der Waals surface area contributed by atoms with Gasteiger partial charge in [0.15, 0.2) is 0 Å². The van der Waals surface area contributed by atoms with E-state index < -0.39 is 6.09 Å². The van der Waals surface area contributed by atoms with E-state index in [1.165, 1.54) is 4.88 Å². The summed E-state index contributed by atoms with van der Waals surface area (Å²) in [6.07, 6.45) is -0.435. The number of anilines is 2. The Balaban J connectivity index is 1.94. The summed E-state index contributed by atoms with van der Waals surface area (Å²) in [5.41, 5.74) is 1.71. The number of carbonyl (C=O) groups is 1. The first-order valence-corrected chi connectivity index (χ1v) is 8.30. The van der Waals surface area contributed by atoms with Gasteiger partial charge in [0.05, 0.1) is 12.6 Å². The van der Waals surface area contributed by atoms with Crippen molar-refractivity contribution in [2.24, 2.45) is 0 Å². The number of nitrogens with one attached hydrogen (secondary N) is 2.